The van der Waals surface area contributed by atoms with Crippen LogP contribution in [0.1, 0.15) is 31.4 Å². The Morgan fingerprint density at radius 2 is 2.08 bits per heavy atom. The van der Waals surface area contributed by atoms with Crippen molar-refractivity contribution in [1.82, 2.24) is 0 Å². The minimum Gasteiger partial charge on any atom is -0.324 e. The van der Waals surface area contributed by atoms with Gasteiger partial charge in [-0.25, -0.2) is 0 Å². The largest absolute Gasteiger partial charge is 0.324 e. The van der Waals surface area contributed by atoms with Crippen LogP contribution in [0.25, 0.3) is 0 Å². The molecule has 12 heavy (non-hydrogen) atoms. The molecule has 2 N–H and O–H groups in total. The van der Waals surface area contributed by atoms with Crippen LogP contribution >= 0.6 is 12.6 Å². The molecule has 0 bridgehead atoms. The maximum Gasteiger partial charge on any atom is 0.0305 e. The number of benzene rings is 1. The van der Waals surface area contributed by atoms with Crippen molar-refractivity contribution in [3.8, 4) is 0 Å². The van der Waals surface area contributed by atoms with E-state index in [4.69, 9.17) is 5.73 Å². The van der Waals surface area contributed by atoms with Crippen LogP contribution in [0.2, 0.25) is 0 Å². The van der Waals surface area contributed by atoms with Gasteiger partial charge in [0.2, 0.25) is 0 Å². The first-order chi connectivity index (χ1) is 5.75. The zero-order chi connectivity index (χ0) is 8.97. The summed E-state index contributed by atoms with van der Waals surface area (Å²) in [6.07, 6.45) is 2.14. The summed E-state index contributed by atoms with van der Waals surface area (Å²) in [4.78, 5) is 0.999. The van der Waals surface area contributed by atoms with Crippen molar-refractivity contribution in [1.29, 1.82) is 0 Å². The molecule has 0 aliphatic rings. The second-order valence-corrected chi connectivity index (χ2v) is 3.44. The third-order valence-corrected chi connectivity index (χ3v) is 2.34. The predicted molar refractivity (Wildman–Crippen MR) is 55.5 cm³/mol. The molecule has 66 valence electrons. The van der Waals surface area contributed by atoms with Gasteiger partial charge in [-0.2, -0.15) is 0 Å². The van der Waals surface area contributed by atoms with E-state index in [1.807, 2.05) is 24.3 Å². The second-order valence-electron chi connectivity index (χ2n) is 2.95. The molecule has 0 saturated heterocycles. The van der Waals surface area contributed by atoms with Gasteiger partial charge in [0, 0.05) is 10.9 Å². The van der Waals surface area contributed by atoms with Crippen molar-refractivity contribution in [2.24, 2.45) is 5.73 Å². The van der Waals surface area contributed by atoms with E-state index in [0.29, 0.717) is 0 Å². The van der Waals surface area contributed by atoms with Crippen LogP contribution in [0, 0.1) is 0 Å². The van der Waals surface area contributed by atoms with Crippen LogP contribution in [0.4, 0.5) is 0 Å². The van der Waals surface area contributed by atoms with Gasteiger partial charge in [0.05, 0.1) is 0 Å². The fourth-order valence-corrected chi connectivity index (χ4v) is 1.59. The van der Waals surface area contributed by atoms with Gasteiger partial charge in [-0.15, -0.1) is 12.6 Å². The van der Waals surface area contributed by atoms with Crippen molar-refractivity contribution in [3.05, 3.63) is 29.8 Å². The summed E-state index contributed by atoms with van der Waals surface area (Å²) in [6, 6.07) is 8.15. The van der Waals surface area contributed by atoms with Crippen LogP contribution in [-0.4, -0.2) is 0 Å². The van der Waals surface area contributed by atoms with Crippen molar-refractivity contribution >= 4 is 12.6 Å². The Hall–Kier alpha value is -0.470. The summed E-state index contributed by atoms with van der Waals surface area (Å²) in [5, 5.41) is 0. The lowest BCUT2D eigenvalue weighted by atomic mass is 10.0. The summed E-state index contributed by atoms with van der Waals surface area (Å²) in [6.45, 7) is 2.14. The summed E-state index contributed by atoms with van der Waals surface area (Å²) >= 11 is 4.35. The molecule has 0 radical (unpaired) electrons. The monoisotopic (exact) mass is 181 g/mol. The minimum atomic E-state index is 0.142. The highest BCUT2D eigenvalue weighted by Crippen LogP contribution is 2.22. The minimum absolute atomic E-state index is 0.142. The van der Waals surface area contributed by atoms with Crippen LogP contribution in [-0.2, 0) is 0 Å². The van der Waals surface area contributed by atoms with Crippen molar-refractivity contribution < 1.29 is 0 Å². The Bertz CT molecular complexity index is 247. The molecular weight excluding hydrogens is 166 g/mol. The second kappa shape index (κ2) is 4.53. The number of nitrogens with two attached hydrogens (primary N) is 1. The maximum atomic E-state index is 5.96. The van der Waals surface area contributed by atoms with E-state index in [1.165, 1.54) is 0 Å². The molecule has 1 aromatic carbocycles. The molecule has 0 saturated carbocycles. The van der Waals surface area contributed by atoms with Crippen molar-refractivity contribution in [3.63, 3.8) is 0 Å². The lowest BCUT2D eigenvalue weighted by Gasteiger charge is -2.12. The molecule has 1 nitrogen and oxygen atoms in total. The van der Waals surface area contributed by atoms with Gasteiger partial charge in [0.15, 0.2) is 0 Å². The Labute approximate surface area is 79.4 Å². The molecule has 0 amide bonds. The van der Waals surface area contributed by atoms with Gasteiger partial charge in [-0.3, -0.25) is 0 Å². The van der Waals surface area contributed by atoms with E-state index in [9.17, 15) is 0 Å². The normalized spacial score (nSPS) is 12.9. The molecule has 0 aromatic heterocycles. The molecule has 0 aliphatic carbocycles. The fraction of sp³-hybridized carbons (Fsp3) is 0.400. The van der Waals surface area contributed by atoms with Crippen molar-refractivity contribution in [2.45, 2.75) is 30.7 Å². The Kier molecular flexibility index (Phi) is 3.63. The highest BCUT2D eigenvalue weighted by atomic mass is 32.1. The van der Waals surface area contributed by atoms with Gasteiger partial charge in [-0.1, -0.05) is 31.5 Å². The van der Waals surface area contributed by atoms with Gasteiger partial charge in [0.1, 0.15) is 0 Å². The Morgan fingerprint density at radius 3 is 2.67 bits per heavy atom. The highest BCUT2D eigenvalue weighted by molar-refractivity contribution is 7.80. The average Bonchev–Trinajstić information content (AvgIpc) is 2.05. The molecular formula is C10H15NS. The molecule has 1 rings (SSSR count). The molecule has 0 aliphatic heterocycles. The zero-order valence-electron chi connectivity index (χ0n) is 7.33. The Morgan fingerprint density at radius 1 is 1.42 bits per heavy atom. The highest BCUT2D eigenvalue weighted by Gasteiger charge is 2.06. The molecule has 1 atom stereocenters. The van der Waals surface area contributed by atoms with Crippen LogP contribution < -0.4 is 5.73 Å². The topological polar surface area (TPSA) is 26.0 Å². The molecule has 0 heterocycles. The van der Waals surface area contributed by atoms with E-state index in [-0.39, 0.29) is 6.04 Å². The van der Waals surface area contributed by atoms with E-state index in [2.05, 4.69) is 19.6 Å². The van der Waals surface area contributed by atoms with Crippen molar-refractivity contribution in [2.75, 3.05) is 0 Å². The molecule has 1 unspecified atom stereocenters. The molecule has 1 aromatic rings. The van der Waals surface area contributed by atoms with Crippen LogP contribution in [0.5, 0.6) is 0 Å². The quantitative estimate of drug-likeness (QED) is 0.689. The van der Waals surface area contributed by atoms with E-state index < -0.39 is 0 Å². The third-order valence-electron chi connectivity index (χ3n) is 1.94. The lowest BCUT2D eigenvalue weighted by Crippen LogP contribution is -2.10. The summed E-state index contributed by atoms with van der Waals surface area (Å²) < 4.78 is 0. The summed E-state index contributed by atoms with van der Waals surface area (Å²) in [5.74, 6) is 0. The SMILES string of the molecule is CCCC(N)c1ccccc1S. The smallest absolute Gasteiger partial charge is 0.0305 e. The summed E-state index contributed by atoms with van der Waals surface area (Å²) in [7, 11) is 0. The van der Waals surface area contributed by atoms with Gasteiger partial charge in [0.25, 0.3) is 0 Å². The first kappa shape index (κ1) is 9.62. The van der Waals surface area contributed by atoms with E-state index in [1.54, 1.807) is 0 Å². The standard InChI is InChI=1S/C10H15NS/c1-2-5-9(11)8-6-3-4-7-10(8)12/h3-4,6-7,9,12H,2,5,11H2,1H3. The fourth-order valence-electron chi connectivity index (χ4n) is 1.27. The van der Waals surface area contributed by atoms with E-state index >= 15 is 0 Å². The Balaban J connectivity index is 2.79. The van der Waals surface area contributed by atoms with Gasteiger partial charge in [-0.05, 0) is 18.1 Å². The molecule has 2 heteroatoms. The number of hydrogen-bond acceptors (Lipinski definition) is 2. The molecule has 0 spiro atoms. The maximum absolute atomic E-state index is 5.96. The third kappa shape index (κ3) is 2.26. The predicted octanol–water partition coefficient (Wildman–Crippen LogP) is 2.78. The first-order valence-corrected chi connectivity index (χ1v) is 4.74. The van der Waals surface area contributed by atoms with Crippen LogP contribution in [0.3, 0.4) is 0 Å². The van der Waals surface area contributed by atoms with E-state index in [0.717, 1.165) is 23.3 Å². The number of rotatable bonds is 3. The number of thiol groups is 1. The lowest BCUT2D eigenvalue weighted by molar-refractivity contribution is 0.629. The first-order valence-electron chi connectivity index (χ1n) is 4.29. The summed E-state index contributed by atoms with van der Waals surface area (Å²) in [5.41, 5.74) is 7.11. The van der Waals surface area contributed by atoms with Gasteiger partial charge >= 0.3 is 0 Å². The molecule has 0 fully saturated rings. The van der Waals surface area contributed by atoms with Crippen LogP contribution in [0.15, 0.2) is 29.2 Å². The zero-order valence-corrected chi connectivity index (χ0v) is 8.22. The average molecular weight is 181 g/mol. The van der Waals surface area contributed by atoms with Gasteiger partial charge < -0.3 is 5.73 Å². The number of hydrogen-bond donors (Lipinski definition) is 2.